The van der Waals surface area contributed by atoms with E-state index in [1.807, 2.05) is 0 Å². The molecule has 13 heavy (non-hydrogen) atoms. The predicted octanol–water partition coefficient (Wildman–Crippen LogP) is 2.28. The zero-order chi connectivity index (χ0) is 10.0. The summed E-state index contributed by atoms with van der Waals surface area (Å²) < 4.78 is 37.1. The van der Waals surface area contributed by atoms with Crippen LogP contribution in [0.5, 0.6) is 0 Å². The molecule has 0 saturated carbocycles. The van der Waals surface area contributed by atoms with Crippen molar-refractivity contribution in [2.75, 3.05) is 0 Å². The number of pyridine rings is 1. The van der Waals surface area contributed by atoms with Gasteiger partial charge in [0.15, 0.2) is 6.29 Å². The number of nitrogens with zero attached hydrogens (tertiary/aromatic N) is 1. The van der Waals surface area contributed by atoms with Gasteiger partial charge in [0.2, 0.25) is 5.95 Å². The van der Waals surface area contributed by atoms with Crippen LogP contribution in [0.1, 0.15) is 27.9 Å². The van der Waals surface area contributed by atoms with E-state index in [0.717, 1.165) is 0 Å². The first-order valence-corrected chi connectivity index (χ1v) is 3.46. The summed E-state index contributed by atoms with van der Waals surface area (Å²) in [5, 5.41) is 0. The van der Waals surface area contributed by atoms with Crippen molar-refractivity contribution in [1.82, 2.24) is 4.98 Å². The highest BCUT2D eigenvalue weighted by atomic mass is 19.3. The first-order chi connectivity index (χ1) is 6.07. The maximum absolute atomic E-state index is 12.7. The van der Waals surface area contributed by atoms with Crippen molar-refractivity contribution in [1.29, 1.82) is 0 Å². The summed E-state index contributed by atoms with van der Waals surface area (Å²) in [6.45, 7) is 1.23. The number of carbonyl (C=O) groups is 1. The number of hydrogen-bond donors (Lipinski definition) is 0. The Hall–Kier alpha value is -1.39. The van der Waals surface area contributed by atoms with Gasteiger partial charge in [0.25, 0.3) is 6.43 Å². The van der Waals surface area contributed by atoms with Gasteiger partial charge in [-0.15, -0.1) is 0 Å². The summed E-state index contributed by atoms with van der Waals surface area (Å²) in [6.07, 6.45) is -1.93. The molecule has 0 atom stereocenters. The Balaban J connectivity index is 3.38. The van der Waals surface area contributed by atoms with Gasteiger partial charge in [-0.25, -0.2) is 13.8 Å². The molecule has 1 heterocycles. The van der Waals surface area contributed by atoms with E-state index in [1.54, 1.807) is 0 Å². The normalized spacial score (nSPS) is 10.5. The zero-order valence-corrected chi connectivity index (χ0v) is 6.72. The van der Waals surface area contributed by atoms with Crippen molar-refractivity contribution in [3.8, 4) is 0 Å². The van der Waals surface area contributed by atoms with Crippen molar-refractivity contribution < 1.29 is 18.0 Å². The van der Waals surface area contributed by atoms with E-state index in [2.05, 4.69) is 4.98 Å². The number of aldehydes is 1. The first kappa shape index (κ1) is 9.70. The van der Waals surface area contributed by atoms with Gasteiger partial charge in [-0.3, -0.25) is 4.79 Å². The lowest BCUT2D eigenvalue weighted by atomic mass is 10.1. The van der Waals surface area contributed by atoms with Crippen LogP contribution >= 0.6 is 0 Å². The second-order valence-electron chi connectivity index (χ2n) is 2.46. The highest BCUT2D eigenvalue weighted by Crippen LogP contribution is 2.23. The minimum absolute atomic E-state index is 0.146. The number of halogens is 3. The molecule has 1 aromatic heterocycles. The molecular formula is C8H6F3NO. The van der Waals surface area contributed by atoms with E-state index in [-0.39, 0.29) is 17.4 Å². The third-order valence-electron chi connectivity index (χ3n) is 1.69. The minimum atomic E-state index is -2.81. The smallest absolute Gasteiger partial charge is 0.266 e. The molecule has 0 spiro atoms. The van der Waals surface area contributed by atoms with Crippen molar-refractivity contribution in [3.05, 3.63) is 28.8 Å². The molecule has 70 valence electrons. The molecule has 0 aliphatic heterocycles. The van der Waals surface area contributed by atoms with Gasteiger partial charge in [-0.2, -0.15) is 4.39 Å². The minimum Gasteiger partial charge on any atom is -0.298 e. The molecule has 5 heteroatoms. The summed E-state index contributed by atoms with van der Waals surface area (Å²) in [5.74, 6) is -0.897. The summed E-state index contributed by atoms with van der Waals surface area (Å²) in [7, 11) is 0. The quantitative estimate of drug-likeness (QED) is 0.527. The van der Waals surface area contributed by atoms with Gasteiger partial charge in [-0.1, -0.05) is 0 Å². The fourth-order valence-electron chi connectivity index (χ4n) is 0.951. The second kappa shape index (κ2) is 3.55. The molecule has 0 aromatic carbocycles. The van der Waals surface area contributed by atoms with E-state index < -0.39 is 17.9 Å². The van der Waals surface area contributed by atoms with Crippen LogP contribution in [-0.2, 0) is 0 Å². The molecule has 0 aliphatic rings. The molecule has 1 rings (SSSR count). The van der Waals surface area contributed by atoms with Crippen LogP contribution in [0.2, 0.25) is 0 Å². The highest BCUT2D eigenvalue weighted by Gasteiger charge is 2.17. The van der Waals surface area contributed by atoms with Gasteiger partial charge in [0.05, 0.1) is 0 Å². The Morgan fingerprint density at radius 3 is 2.62 bits per heavy atom. The lowest BCUT2D eigenvalue weighted by Gasteiger charge is -2.05. The van der Waals surface area contributed by atoms with Crippen molar-refractivity contribution in [3.63, 3.8) is 0 Å². The van der Waals surface area contributed by atoms with Gasteiger partial charge in [-0.05, 0) is 6.92 Å². The van der Waals surface area contributed by atoms with E-state index in [9.17, 15) is 18.0 Å². The average Bonchev–Trinajstić information content (AvgIpc) is 2.09. The van der Waals surface area contributed by atoms with Crippen molar-refractivity contribution >= 4 is 6.29 Å². The largest absolute Gasteiger partial charge is 0.298 e. The molecule has 0 N–H and O–H groups in total. The Labute approximate surface area is 72.4 Å². The molecule has 0 unspecified atom stereocenters. The third-order valence-corrected chi connectivity index (χ3v) is 1.69. The van der Waals surface area contributed by atoms with Crippen LogP contribution in [0.4, 0.5) is 13.2 Å². The molecule has 0 saturated heterocycles. The third kappa shape index (κ3) is 1.68. The van der Waals surface area contributed by atoms with Crippen LogP contribution in [0.3, 0.4) is 0 Å². The average molecular weight is 189 g/mol. The molecule has 2 nitrogen and oxygen atoms in total. The van der Waals surface area contributed by atoms with Crippen LogP contribution in [0, 0.1) is 12.9 Å². The maximum atomic E-state index is 12.7. The van der Waals surface area contributed by atoms with Crippen molar-refractivity contribution in [2.24, 2.45) is 0 Å². The number of aromatic nitrogens is 1. The zero-order valence-electron chi connectivity index (χ0n) is 6.72. The Morgan fingerprint density at radius 1 is 1.54 bits per heavy atom. The van der Waals surface area contributed by atoms with E-state index >= 15 is 0 Å². The van der Waals surface area contributed by atoms with E-state index in [4.69, 9.17) is 0 Å². The number of rotatable bonds is 2. The Morgan fingerprint density at radius 2 is 2.15 bits per heavy atom. The van der Waals surface area contributed by atoms with Crippen LogP contribution in [-0.4, -0.2) is 11.3 Å². The molecule has 0 fully saturated rings. The Kier molecular flexibility index (Phi) is 2.65. The first-order valence-electron chi connectivity index (χ1n) is 3.46. The van der Waals surface area contributed by atoms with Gasteiger partial charge in [0, 0.05) is 22.9 Å². The van der Waals surface area contributed by atoms with Crippen LogP contribution in [0.25, 0.3) is 0 Å². The topological polar surface area (TPSA) is 30.0 Å². The lowest BCUT2D eigenvalue weighted by molar-refractivity contribution is 0.110. The number of carbonyl (C=O) groups excluding carboxylic acids is 1. The lowest BCUT2D eigenvalue weighted by Crippen LogP contribution is -2.01. The van der Waals surface area contributed by atoms with Gasteiger partial charge in [0.1, 0.15) is 0 Å². The summed E-state index contributed by atoms with van der Waals surface area (Å²) >= 11 is 0. The van der Waals surface area contributed by atoms with Gasteiger partial charge < -0.3 is 0 Å². The SMILES string of the molecule is Cc1c(F)ncc(C(F)F)c1C=O. The highest BCUT2D eigenvalue weighted by molar-refractivity contribution is 5.79. The molecular weight excluding hydrogens is 183 g/mol. The summed E-state index contributed by atoms with van der Waals surface area (Å²) in [5.41, 5.74) is -0.996. The molecule has 0 amide bonds. The fourth-order valence-corrected chi connectivity index (χ4v) is 0.951. The molecule has 0 radical (unpaired) electrons. The van der Waals surface area contributed by atoms with E-state index in [1.165, 1.54) is 6.92 Å². The van der Waals surface area contributed by atoms with Crippen molar-refractivity contribution in [2.45, 2.75) is 13.3 Å². The molecule has 0 aliphatic carbocycles. The van der Waals surface area contributed by atoms with Crippen LogP contribution < -0.4 is 0 Å². The molecule has 1 aromatic rings. The standard InChI is InChI=1S/C8H6F3NO/c1-4-6(3-13)5(7(9)10)2-12-8(4)11/h2-3,7H,1H3. The Bertz CT molecular complexity index is 338. The maximum Gasteiger partial charge on any atom is 0.266 e. The summed E-state index contributed by atoms with van der Waals surface area (Å²) in [6, 6.07) is 0. The summed E-state index contributed by atoms with van der Waals surface area (Å²) in [4.78, 5) is 13.5. The van der Waals surface area contributed by atoms with Gasteiger partial charge >= 0.3 is 0 Å². The monoisotopic (exact) mass is 189 g/mol. The van der Waals surface area contributed by atoms with Crippen LogP contribution in [0.15, 0.2) is 6.20 Å². The van der Waals surface area contributed by atoms with E-state index in [0.29, 0.717) is 6.20 Å². The molecule has 0 bridgehead atoms. The number of alkyl halides is 2. The number of hydrogen-bond acceptors (Lipinski definition) is 2. The fraction of sp³-hybridized carbons (Fsp3) is 0.250. The second-order valence-corrected chi connectivity index (χ2v) is 2.46. The predicted molar refractivity (Wildman–Crippen MR) is 39.3 cm³/mol.